The first-order chi connectivity index (χ1) is 14.0. The molecule has 0 fully saturated rings. The van der Waals surface area contributed by atoms with E-state index >= 15 is 0 Å². The SMILES string of the molecule is COc1ccc(OC)c(NC(=O)Nc2cc(Nc3ccc(C)cc3F)ncn2)c1. The standard InChI is InChI=1S/C20H20FN5O3/c1-12-4-6-15(14(21)8-12)24-18-10-19(23-11-22-18)26-20(27)25-16-9-13(28-2)5-7-17(16)29-3/h4-11H,1-3H3,(H3,22,23,24,25,26,27). The van der Waals surface area contributed by atoms with Crippen molar-refractivity contribution < 1.29 is 18.7 Å². The second-order valence-corrected chi connectivity index (χ2v) is 6.04. The number of urea groups is 1. The van der Waals surface area contributed by atoms with Crippen LogP contribution in [0.5, 0.6) is 11.5 Å². The predicted molar refractivity (Wildman–Crippen MR) is 109 cm³/mol. The third-order valence-corrected chi connectivity index (χ3v) is 3.95. The molecule has 0 aliphatic carbocycles. The maximum absolute atomic E-state index is 14.0. The highest BCUT2D eigenvalue weighted by molar-refractivity contribution is 6.00. The number of amides is 2. The first-order valence-corrected chi connectivity index (χ1v) is 8.63. The zero-order valence-electron chi connectivity index (χ0n) is 16.1. The predicted octanol–water partition coefficient (Wildman–Crippen LogP) is 4.33. The summed E-state index contributed by atoms with van der Waals surface area (Å²) < 4.78 is 24.4. The van der Waals surface area contributed by atoms with Crippen molar-refractivity contribution in [2.24, 2.45) is 0 Å². The molecule has 0 radical (unpaired) electrons. The quantitative estimate of drug-likeness (QED) is 0.573. The minimum atomic E-state index is -0.539. The fourth-order valence-corrected chi connectivity index (χ4v) is 2.54. The number of methoxy groups -OCH3 is 2. The van der Waals surface area contributed by atoms with Gasteiger partial charge in [0.15, 0.2) is 0 Å². The summed E-state index contributed by atoms with van der Waals surface area (Å²) in [7, 11) is 3.02. The van der Waals surface area contributed by atoms with Crippen molar-refractivity contribution in [3.05, 3.63) is 60.2 Å². The van der Waals surface area contributed by atoms with Crippen LogP contribution in [0.15, 0.2) is 48.8 Å². The Morgan fingerprint density at radius 2 is 1.72 bits per heavy atom. The van der Waals surface area contributed by atoms with Gasteiger partial charge in [-0.15, -0.1) is 0 Å². The summed E-state index contributed by atoms with van der Waals surface area (Å²) in [6.07, 6.45) is 1.26. The Balaban J connectivity index is 1.71. The van der Waals surface area contributed by atoms with Gasteiger partial charge in [0, 0.05) is 12.1 Å². The fourth-order valence-electron chi connectivity index (χ4n) is 2.54. The maximum Gasteiger partial charge on any atom is 0.324 e. The summed E-state index contributed by atoms with van der Waals surface area (Å²) in [5, 5.41) is 8.13. The van der Waals surface area contributed by atoms with Crippen LogP contribution in [-0.4, -0.2) is 30.2 Å². The van der Waals surface area contributed by atoms with Crippen molar-refractivity contribution in [3.8, 4) is 11.5 Å². The van der Waals surface area contributed by atoms with E-state index in [1.54, 1.807) is 37.3 Å². The summed E-state index contributed by atoms with van der Waals surface area (Å²) in [6.45, 7) is 1.80. The number of carbonyl (C=O) groups excluding carboxylic acids is 1. The Bertz CT molecular complexity index is 1030. The number of hydrogen-bond donors (Lipinski definition) is 3. The molecule has 1 heterocycles. The van der Waals surface area contributed by atoms with E-state index in [9.17, 15) is 9.18 Å². The topological polar surface area (TPSA) is 97.4 Å². The van der Waals surface area contributed by atoms with Crippen molar-refractivity contribution in [1.82, 2.24) is 9.97 Å². The fraction of sp³-hybridized carbons (Fsp3) is 0.150. The molecule has 150 valence electrons. The Kier molecular flexibility index (Phi) is 6.08. The first kappa shape index (κ1) is 19.9. The van der Waals surface area contributed by atoms with Gasteiger partial charge in [-0.05, 0) is 36.8 Å². The van der Waals surface area contributed by atoms with E-state index in [1.165, 1.54) is 32.7 Å². The highest BCUT2D eigenvalue weighted by atomic mass is 19.1. The molecule has 2 amide bonds. The van der Waals surface area contributed by atoms with Crippen LogP contribution in [0.4, 0.5) is 32.2 Å². The second-order valence-electron chi connectivity index (χ2n) is 6.04. The lowest BCUT2D eigenvalue weighted by atomic mass is 10.2. The number of anilines is 4. The molecule has 0 spiro atoms. The van der Waals surface area contributed by atoms with E-state index in [0.29, 0.717) is 23.0 Å². The minimum absolute atomic E-state index is 0.231. The smallest absolute Gasteiger partial charge is 0.324 e. The van der Waals surface area contributed by atoms with Gasteiger partial charge in [-0.3, -0.25) is 5.32 Å². The van der Waals surface area contributed by atoms with Gasteiger partial charge in [0.1, 0.15) is 35.3 Å². The van der Waals surface area contributed by atoms with Gasteiger partial charge in [0.05, 0.1) is 25.6 Å². The molecule has 8 nitrogen and oxygen atoms in total. The summed E-state index contributed by atoms with van der Waals surface area (Å²) in [4.78, 5) is 20.4. The van der Waals surface area contributed by atoms with Gasteiger partial charge < -0.3 is 20.1 Å². The number of halogens is 1. The van der Waals surface area contributed by atoms with Crippen LogP contribution in [0.2, 0.25) is 0 Å². The molecule has 1 aromatic heterocycles. The van der Waals surface area contributed by atoms with Crippen LogP contribution < -0.4 is 25.4 Å². The second kappa shape index (κ2) is 8.87. The number of nitrogens with one attached hydrogen (secondary N) is 3. The van der Waals surface area contributed by atoms with Gasteiger partial charge in [0.25, 0.3) is 0 Å². The molecule has 3 aromatic rings. The summed E-state index contributed by atoms with van der Waals surface area (Å²) in [5.41, 5.74) is 1.51. The Labute approximate surface area is 167 Å². The zero-order chi connectivity index (χ0) is 20.8. The third kappa shape index (κ3) is 5.10. The van der Waals surface area contributed by atoms with E-state index < -0.39 is 11.8 Å². The largest absolute Gasteiger partial charge is 0.497 e. The van der Waals surface area contributed by atoms with Crippen molar-refractivity contribution in [2.45, 2.75) is 6.92 Å². The molecule has 0 saturated carbocycles. The normalized spacial score (nSPS) is 10.2. The number of carbonyl (C=O) groups is 1. The number of aryl methyl sites for hydroxylation is 1. The molecule has 29 heavy (non-hydrogen) atoms. The maximum atomic E-state index is 14.0. The van der Waals surface area contributed by atoms with Crippen LogP contribution in [0.25, 0.3) is 0 Å². The molecule has 0 unspecified atom stereocenters. The average molecular weight is 397 g/mol. The molecule has 0 atom stereocenters. The van der Waals surface area contributed by atoms with Crippen molar-refractivity contribution in [3.63, 3.8) is 0 Å². The van der Waals surface area contributed by atoms with Crippen molar-refractivity contribution in [2.75, 3.05) is 30.2 Å². The summed E-state index contributed by atoms with van der Waals surface area (Å²) in [5.74, 6) is 1.20. The Hall–Kier alpha value is -3.88. The monoisotopic (exact) mass is 397 g/mol. The van der Waals surface area contributed by atoms with Crippen molar-refractivity contribution in [1.29, 1.82) is 0 Å². The Morgan fingerprint density at radius 1 is 0.931 bits per heavy atom. The number of aromatic nitrogens is 2. The molecule has 9 heteroatoms. The average Bonchev–Trinajstić information content (AvgIpc) is 2.70. The Morgan fingerprint density at radius 3 is 2.45 bits per heavy atom. The molecule has 0 saturated heterocycles. The molecular formula is C20H20FN5O3. The summed E-state index contributed by atoms with van der Waals surface area (Å²) >= 11 is 0. The third-order valence-electron chi connectivity index (χ3n) is 3.95. The van der Waals surface area contributed by atoms with Crippen LogP contribution >= 0.6 is 0 Å². The van der Waals surface area contributed by atoms with E-state index in [0.717, 1.165) is 5.56 Å². The van der Waals surface area contributed by atoms with E-state index in [4.69, 9.17) is 9.47 Å². The van der Waals surface area contributed by atoms with Crippen LogP contribution in [0.1, 0.15) is 5.56 Å². The van der Waals surface area contributed by atoms with E-state index in [2.05, 4.69) is 25.9 Å². The van der Waals surface area contributed by atoms with E-state index in [-0.39, 0.29) is 11.5 Å². The van der Waals surface area contributed by atoms with Gasteiger partial charge in [0.2, 0.25) is 0 Å². The van der Waals surface area contributed by atoms with Gasteiger partial charge in [-0.25, -0.2) is 19.2 Å². The molecule has 0 aliphatic heterocycles. The minimum Gasteiger partial charge on any atom is -0.497 e. The number of ether oxygens (including phenoxy) is 2. The van der Waals surface area contributed by atoms with Crippen molar-refractivity contribution >= 4 is 29.0 Å². The van der Waals surface area contributed by atoms with Crippen LogP contribution in [0.3, 0.4) is 0 Å². The highest BCUT2D eigenvalue weighted by Gasteiger charge is 2.11. The summed E-state index contributed by atoms with van der Waals surface area (Å²) in [6, 6.07) is 10.8. The zero-order valence-corrected chi connectivity index (χ0v) is 16.1. The molecule has 0 bridgehead atoms. The van der Waals surface area contributed by atoms with Crippen LogP contribution in [-0.2, 0) is 0 Å². The van der Waals surface area contributed by atoms with Gasteiger partial charge in [-0.2, -0.15) is 0 Å². The van der Waals surface area contributed by atoms with Gasteiger partial charge in [-0.1, -0.05) is 6.07 Å². The van der Waals surface area contributed by atoms with Gasteiger partial charge >= 0.3 is 6.03 Å². The molecule has 0 aliphatic rings. The molecular weight excluding hydrogens is 377 g/mol. The van der Waals surface area contributed by atoms with Crippen LogP contribution in [0, 0.1) is 12.7 Å². The first-order valence-electron chi connectivity index (χ1n) is 8.63. The number of rotatable bonds is 6. The number of nitrogens with zero attached hydrogens (tertiary/aromatic N) is 2. The molecule has 3 N–H and O–H groups in total. The highest BCUT2D eigenvalue weighted by Crippen LogP contribution is 2.29. The lowest BCUT2D eigenvalue weighted by molar-refractivity contribution is 0.262. The lowest BCUT2D eigenvalue weighted by Crippen LogP contribution is -2.20. The number of hydrogen-bond acceptors (Lipinski definition) is 6. The number of benzene rings is 2. The lowest BCUT2D eigenvalue weighted by Gasteiger charge is -2.13. The van der Waals surface area contributed by atoms with E-state index in [1.807, 2.05) is 0 Å². The molecule has 2 aromatic carbocycles. The molecule has 3 rings (SSSR count).